The predicted octanol–water partition coefficient (Wildman–Crippen LogP) is 8.66. The number of hydrogen-bond acceptors (Lipinski definition) is 5. The highest BCUT2D eigenvalue weighted by Crippen LogP contribution is 2.49. The summed E-state index contributed by atoms with van der Waals surface area (Å²) >= 11 is 0. The van der Waals surface area contributed by atoms with Crippen molar-refractivity contribution in [3.63, 3.8) is 0 Å². The minimum absolute atomic E-state index is 0. The van der Waals surface area contributed by atoms with Crippen molar-refractivity contribution in [3.05, 3.63) is 59.7 Å². The molecule has 4 bridgehead atoms. The second kappa shape index (κ2) is 14.4. The molecule has 0 amide bonds. The molecule has 1 N–H and O–H groups in total. The first-order chi connectivity index (χ1) is 23.1. The van der Waals surface area contributed by atoms with E-state index in [1.54, 1.807) is 7.11 Å². The van der Waals surface area contributed by atoms with Crippen LogP contribution in [0.5, 0.6) is 11.5 Å². The number of ether oxygens (including phenoxy) is 2. The summed E-state index contributed by atoms with van der Waals surface area (Å²) in [5.74, 6) is 6.98. The van der Waals surface area contributed by atoms with Crippen molar-refractivity contribution in [1.29, 1.82) is 0 Å². The molecule has 7 aliphatic rings. The summed E-state index contributed by atoms with van der Waals surface area (Å²) < 4.78 is 11.9. The van der Waals surface area contributed by atoms with Crippen LogP contribution in [0.4, 0.5) is 0 Å². The van der Waals surface area contributed by atoms with E-state index in [0.29, 0.717) is 12.0 Å². The van der Waals surface area contributed by atoms with Gasteiger partial charge in [0.1, 0.15) is 11.5 Å². The van der Waals surface area contributed by atoms with E-state index in [1.165, 1.54) is 120 Å². The molecular formula is C42H62N2O3. The molecule has 2 aromatic carbocycles. The van der Waals surface area contributed by atoms with E-state index in [2.05, 4.69) is 40.1 Å². The molecule has 5 saturated carbocycles. The number of rotatable bonds is 7. The van der Waals surface area contributed by atoms with Gasteiger partial charge in [-0.25, -0.2) is 0 Å². The normalized spacial score (nSPS) is 36.0. The van der Waals surface area contributed by atoms with Gasteiger partial charge in [-0.05, 0) is 156 Å². The lowest BCUT2D eigenvalue weighted by molar-refractivity contribution is 0.0155. The molecule has 0 spiro atoms. The fourth-order valence-corrected chi connectivity index (χ4v) is 11.6. The average Bonchev–Trinajstić information content (AvgIpc) is 3.98. The van der Waals surface area contributed by atoms with Crippen molar-refractivity contribution in [2.75, 3.05) is 33.3 Å². The van der Waals surface area contributed by atoms with Gasteiger partial charge >= 0.3 is 0 Å². The molecule has 0 unspecified atom stereocenters. The molecule has 2 saturated heterocycles. The number of likely N-dealkylation sites (tertiary alicyclic amines) is 2. The second-order valence-electron chi connectivity index (χ2n) is 16.6. The van der Waals surface area contributed by atoms with E-state index in [1.807, 2.05) is 18.2 Å². The van der Waals surface area contributed by atoms with Crippen LogP contribution in [0.1, 0.15) is 121 Å². The summed E-state index contributed by atoms with van der Waals surface area (Å²) in [6.45, 7) is 4.55. The van der Waals surface area contributed by atoms with Gasteiger partial charge in [-0.2, -0.15) is 0 Å². The molecule has 8 atom stereocenters. The van der Waals surface area contributed by atoms with E-state index in [4.69, 9.17) is 9.47 Å². The maximum absolute atomic E-state index is 10.7. The van der Waals surface area contributed by atoms with Crippen LogP contribution in [0.3, 0.4) is 0 Å². The monoisotopic (exact) mass is 642 g/mol. The van der Waals surface area contributed by atoms with Crippen LogP contribution in [-0.2, 0) is 0 Å². The molecule has 9 rings (SSSR count). The minimum atomic E-state index is -0.274. The highest BCUT2D eigenvalue weighted by Gasteiger charge is 2.45. The van der Waals surface area contributed by atoms with Crippen molar-refractivity contribution in [3.8, 4) is 11.5 Å². The molecule has 0 radical (unpaired) electrons. The number of methoxy groups -OCH3 is 1. The number of benzene rings is 2. The van der Waals surface area contributed by atoms with Crippen LogP contribution in [-0.4, -0.2) is 72.5 Å². The zero-order chi connectivity index (χ0) is 31.7. The second-order valence-corrected chi connectivity index (χ2v) is 16.6. The van der Waals surface area contributed by atoms with Crippen LogP contribution in [0.2, 0.25) is 0 Å². The molecule has 47 heavy (non-hydrogen) atoms. The van der Waals surface area contributed by atoms with Crippen LogP contribution in [0, 0.1) is 23.7 Å². The largest absolute Gasteiger partial charge is 0.496 e. The summed E-state index contributed by atoms with van der Waals surface area (Å²) in [4.78, 5) is 5.43. The summed E-state index contributed by atoms with van der Waals surface area (Å²) in [5.41, 5.74) is 2.66. The first kappa shape index (κ1) is 32.1. The van der Waals surface area contributed by atoms with Crippen LogP contribution >= 0.6 is 0 Å². The maximum atomic E-state index is 10.7. The predicted molar refractivity (Wildman–Crippen MR) is 191 cm³/mol. The highest BCUT2D eigenvalue weighted by molar-refractivity contribution is 5.38. The van der Waals surface area contributed by atoms with E-state index in [-0.39, 0.29) is 13.4 Å². The topological polar surface area (TPSA) is 45.2 Å². The lowest BCUT2D eigenvalue weighted by Gasteiger charge is -2.42. The Hall–Kier alpha value is -2.08. The third-order valence-corrected chi connectivity index (χ3v) is 14.0. The summed E-state index contributed by atoms with van der Waals surface area (Å²) in [5, 5.41) is 10.7. The molecular weight excluding hydrogens is 580 g/mol. The fourth-order valence-electron chi connectivity index (χ4n) is 11.6. The zero-order valence-electron chi connectivity index (χ0n) is 29.0. The quantitative estimate of drug-likeness (QED) is 0.328. The molecule has 2 aliphatic heterocycles. The smallest absolute Gasteiger partial charge is 0.123 e. The maximum Gasteiger partial charge on any atom is 0.123 e. The van der Waals surface area contributed by atoms with Crippen LogP contribution in [0.15, 0.2) is 48.5 Å². The van der Waals surface area contributed by atoms with E-state index < -0.39 is 0 Å². The number of nitrogens with zero attached hydrogens (tertiary/aromatic N) is 2. The Morgan fingerprint density at radius 3 is 1.83 bits per heavy atom. The third kappa shape index (κ3) is 6.88. The Kier molecular flexibility index (Phi) is 9.86. The Morgan fingerprint density at radius 1 is 0.638 bits per heavy atom. The van der Waals surface area contributed by atoms with Gasteiger partial charge in [0.25, 0.3) is 0 Å². The van der Waals surface area contributed by atoms with Crippen molar-refractivity contribution < 1.29 is 16.0 Å². The minimum Gasteiger partial charge on any atom is -0.496 e. The van der Waals surface area contributed by atoms with Gasteiger partial charge in [-0.15, -0.1) is 0 Å². The number of para-hydroxylation sites is 2. The Labute approximate surface area is 285 Å². The van der Waals surface area contributed by atoms with Gasteiger partial charge in [0.2, 0.25) is 0 Å². The number of aliphatic hydroxyl groups is 1. The van der Waals surface area contributed by atoms with Gasteiger partial charge in [0.05, 0.1) is 19.3 Å². The summed E-state index contributed by atoms with van der Waals surface area (Å²) in [7, 11) is 1.72. The molecule has 5 aliphatic carbocycles. The van der Waals surface area contributed by atoms with Gasteiger partial charge in [-0.1, -0.05) is 49.2 Å². The Bertz CT molecular complexity index is 1330. The number of piperidine rings is 2. The van der Waals surface area contributed by atoms with Crippen LogP contribution < -0.4 is 9.47 Å². The average molecular weight is 643 g/mol. The first-order valence-corrected chi connectivity index (χ1v) is 19.7. The first-order valence-electron chi connectivity index (χ1n) is 19.7. The SMILES string of the molecule is COc1ccccc1[C@@H]1CCN([C@@H]2C[C@H]3CC[C@H]2C3)C[C@H]1O.[HH].c1ccc(C2CCN([C@H]3C[C@H]4CC[C@H]3C4)CC2)c(OC2CCCC2)c1. The van der Waals surface area contributed by atoms with Gasteiger partial charge < -0.3 is 19.5 Å². The number of fused-ring (bicyclic) bond motifs is 4. The third-order valence-electron chi connectivity index (χ3n) is 14.0. The van der Waals surface area contributed by atoms with Crippen molar-refractivity contribution in [1.82, 2.24) is 9.80 Å². The number of aliphatic hydroxyl groups excluding tert-OH is 1. The Morgan fingerprint density at radius 2 is 1.23 bits per heavy atom. The lowest BCUT2D eigenvalue weighted by Crippen LogP contribution is -2.49. The number of hydrogen-bond donors (Lipinski definition) is 1. The van der Waals surface area contributed by atoms with E-state index in [0.717, 1.165) is 61.0 Å². The number of β-amino-alcohol motifs (C(OH)–C–C–N with tert-alkyl or cyclic N) is 1. The molecule has 2 heterocycles. The summed E-state index contributed by atoms with van der Waals surface area (Å²) in [6, 6.07) is 18.7. The molecule has 258 valence electrons. The summed E-state index contributed by atoms with van der Waals surface area (Å²) in [6.07, 6.45) is 20.8. The van der Waals surface area contributed by atoms with Gasteiger partial charge in [0.15, 0.2) is 0 Å². The van der Waals surface area contributed by atoms with Crippen molar-refractivity contribution >= 4 is 0 Å². The van der Waals surface area contributed by atoms with E-state index >= 15 is 0 Å². The van der Waals surface area contributed by atoms with Gasteiger partial charge in [-0.3, -0.25) is 4.90 Å². The molecule has 7 fully saturated rings. The van der Waals surface area contributed by atoms with Crippen LogP contribution in [0.25, 0.3) is 0 Å². The molecule has 0 aromatic heterocycles. The highest BCUT2D eigenvalue weighted by atomic mass is 16.5. The fraction of sp³-hybridized carbons (Fsp3) is 0.714. The standard InChI is InChI=1S/C23H33NO.C19H27NO2.H2/c1-2-6-20(5-1)25-23-8-4-3-7-21(23)18-11-13-24(14-12-18)22-16-17-9-10-19(22)15-17;1-22-19-5-3-2-4-16(19)15-8-9-20(12-18(15)21)17-11-13-6-7-14(17)10-13;/h3-4,7-8,17-20,22H,1-2,5-6,9-16H2;2-5,13-15,17-18,21H,6-12H2,1H3;1H/t17-,19-,22-;13-,14-,15-,17+,18+;/m00./s1. The van der Waals surface area contributed by atoms with Crippen molar-refractivity contribution in [2.45, 2.75) is 132 Å². The molecule has 2 aromatic rings. The Balaban J connectivity index is 0.000000150. The van der Waals surface area contributed by atoms with Crippen molar-refractivity contribution in [2.24, 2.45) is 23.7 Å². The molecule has 5 heteroatoms. The van der Waals surface area contributed by atoms with Gasteiger partial charge in [0, 0.05) is 26.0 Å². The lowest BCUT2D eigenvalue weighted by atomic mass is 9.84. The zero-order valence-corrected chi connectivity index (χ0v) is 29.0. The van der Waals surface area contributed by atoms with E-state index in [9.17, 15) is 5.11 Å². The molecule has 5 nitrogen and oxygen atoms in total.